The molecule has 1 atom stereocenters. The molecule has 1 saturated heterocycles. The molecular formula is C18H22N2O4. The van der Waals surface area contributed by atoms with E-state index in [2.05, 4.69) is 10.2 Å². The monoisotopic (exact) mass is 330 g/mol. The molecule has 2 aromatic rings. The number of hydrogen-bond donors (Lipinski definition) is 1. The van der Waals surface area contributed by atoms with Crippen molar-refractivity contribution in [3.8, 4) is 5.75 Å². The SMILES string of the molecule is COc1ccc(C(=O)NCC(c2ccco2)N2CCOCC2)cc1. The third-order valence-corrected chi connectivity index (χ3v) is 4.17. The standard InChI is InChI=1S/C18H22N2O4/c1-22-15-6-4-14(5-7-15)18(21)19-13-16(17-3-2-10-24-17)20-8-11-23-12-9-20/h2-7,10,16H,8-9,11-13H2,1H3,(H,19,21). The minimum Gasteiger partial charge on any atom is -0.497 e. The van der Waals surface area contributed by atoms with Crippen LogP contribution < -0.4 is 10.1 Å². The van der Waals surface area contributed by atoms with Crippen LogP contribution in [0.15, 0.2) is 47.1 Å². The largest absolute Gasteiger partial charge is 0.497 e. The van der Waals surface area contributed by atoms with Gasteiger partial charge in [0.25, 0.3) is 5.91 Å². The summed E-state index contributed by atoms with van der Waals surface area (Å²) in [6.45, 7) is 3.53. The maximum absolute atomic E-state index is 12.4. The number of amides is 1. The molecule has 1 fully saturated rings. The summed E-state index contributed by atoms with van der Waals surface area (Å²) < 4.78 is 16.1. The van der Waals surface area contributed by atoms with Crippen molar-refractivity contribution in [1.82, 2.24) is 10.2 Å². The lowest BCUT2D eigenvalue weighted by molar-refractivity contribution is 0.0118. The van der Waals surface area contributed by atoms with Crippen LogP contribution in [0.4, 0.5) is 0 Å². The van der Waals surface area contributed by atoms with Crippen LogP contribution in [0.5, 0.6) is 5.75 Å². The van der Waals surface area contributed by atoms with E-state index >= 15 is 0 Å². The van der Waals surface area contributed by atoms with Gasteiger partial charge in [0, 0.05) is 25.2 Å². The van der Waals surface area contributed by atoms with Gasteiger partial charge in [-0.1, -0.05) is 0 Å². The summed E-state index contributed by atoms with van der Waals surface area (Å²) in [5, 5.41) is 3.00. The lowest BCUT2D eigenvalue weighted by Crippen LogP contribution is -2.43. The Kier molecular flexibility index (Phi) is 5.51. The summed E-state index contributed by atoms with van der Waals surface area (Å²) in [5.74, 6) is 1.47. The molecule has 6 heteroatoms. The highest BCUT2D eigenvalue weighted by molar-refractivity contribution is 5.94. The number of benzene rings is 1. The van der Waals surface area contributed by atoms with Crippen LogP contribution in [0.25, 0.3) is 0 Å². The average molecular weight is 330 g/mol. The highest BCUT2D eigenvalue weighted by Gasteiger charge is 2.25. The molecule has 0 radical (unpaired) electrons. The highest BCUT2D eigenvalue weighted by Crippen LogP contribution is 2.22. The first-order valence-electron chi connectivity index (χ1n) is 8.05. The van der Waals surface area contributed by atoms with Crippen molar-refractivity contribution in [3.63, 3.8) is 0 Å². The molecule has 0 spiro atoms. The zero-order valence-corrected chi connectivity index (χ0v) is 13.7. The second-order valence-electron chi connectivity index (χ2n) is 5.62. The third kappa shape index (κ3) is 3.96. The van der Waals surface area contributed by atoms with Crippen molar-refractivity contribution in [3.05, 3.63) is 54.0 Å². The lowest BCUT2D eigenvalue weighted by Gasteiger charge is -2.33. The van der Waals surface area contributed by atoms with Crippen LogP contribution in [-0.4, -0.2) is 50.8 Å². The van der Waals surface area contributed by atoms with Crippen LogP contribution in [0.3, 0.4) is 0 Å². The molecule has 6 nitrogen and oxygen atoms in total. The van der Waals surface area contributed by atoms with Crippen LogP contribution >= 0.6 is 0 Å². The number of carbonyl (C=O) groups is 1. The lowest BCUT2D eigenvalue weighted by atomic mass is 10.1. The predicted molar refractivity (Wildman–Crippen MR) is 89.2 cm³/mol. The maximum atomic E-state index is 12.4. The number of nitrogens with one attached hydrogen (secondary N) is 1. The van der Waals surface area contributed by atoms with E-state index in [0.29, 0.717) is 25.3 Å². The molecule has 1 unspecified atom stereocenters. The van der Waals surface area contributed by atoms with Gasteiger partial charge < -0.3 is 19.2 Å². The fraction of sp³-hybridized carbons (Fsp3) is 0.389. The summed E-state index contributed by atoms with van der Waals surface area (Å²) in [7, 11) is 1.60. The summed E-state index contributed by atoms with van der Waals surface area (Å²) in [5.41, 5.74) is 0.607. The number of morpholine rings is 1. The fourth-order valence-electron chi connectivity index (χ4n) is 2.81. The van der Waals surface area contributed by atoms with Crippen LogP contribution in [0.1, 0.15) is 22.2 Å². The smallest absolute Gasteiger partial charge is 0.251 e. The Morgan fingerprint density at radius 1 is 1.25 bits per heavy atom. The van der Waals surface area contributed by atoms with E-state index in [9.17, 15) is 4.79 Å². The molecule has 3 rings (SSSR count). The number of hydrogen-bond acceptors (Lipinski definition) is 5. The third-order valence-electron chi connectivity index (χ3n) is 4.17. The first-order valence-corrected chi connectivity index (χ1v) is 8.05. The van der Waals surface area contributed by atoms with Gasteiger partial charge in [0.05, 0.1) is 32.6 Å². The van der Waals surface area contributed by atoms with Gasteiger partial charge >= 0.3 is 0 Å². The molecule has 1 aliphatic rings. The van der Waals surface area contributed by atoms with Gasteiger partial charge in [-0.25, -0.2) is 0 Å². The van der Waals surface area contributed by atoms with Crippen LogP contribution in [0.2, 0.25) is 0 Å². The van der Waals surface area contributed by atoms with E-state index < -0.39 is 0 Å². The molecule has 128 valence electrons. The van der Waals surface area contributed by atoms with Crippen LogP contribution in [-0.2, 0) is 4.74 Å². The second kappa shape index (κ2) is 7.99. The van der Waals surface area contributed by atoms with Crippen molar-refractivity contribution in [1.29, 1.82) is 0 Å². The number of rotatable bonds is 6. The molecule has 0 aliphatic carbocycles. The predicted octanol–water partition coefficient (Wildman–Crippen LogP) is 2.09. The van der Waals surface area contributed by atoms with E-state index in [4.69, 9.17) is 13.9 Å². The quantitative estimate of drug-likeness (QED) is 0.879. The Hall–Kier alpha value is -2.31. The second-order valence-corrected chi connectivity index (χ2v) is 5.62. The fourth-order valence-corrected chi connectivity index (χ4v) is 2.81. The molecule has 0 bridgehead atoms. The molecule has 24 heavy (non-hydrogen) atoms. The minimum atomic E-state index is -0.109. The summed E-state index contributed by atoms with van der Waals surface area (Å²) in [4.78, 5) is 14.6. The first kappa shape index (κ1) is 16.5. The summed E-state index contributed by atoms with van der Waals surface area (Å²) >= 11 is 0. The maximum Gasteiger partial charge on any atom is 0.251 e. The number of carbonyl (C=O) groups excluding carboxylic acids is 1. The van der Waals surface area contributed by atoms with Crippen molar-refractivity contribution >= 4 is 5.91 Å². The molecule has 1 aromatic carbocycles. The van der Waals surface area contributed by atoms with Gasteiger partial charge in [-0.3, -0.25) is 9.69 Å². The molecule has 2 heterocycles. The van der Waals surface area contributed by atoms with Gasteiger partial charge in [-0.15, -0.1) is 0 Å². The number of methoxy groups -OCH3 is 1. The Labute approximate surface area is 141 Å². The van der Waals surface area contributed by atoms with Crippen molar-refractivity contribution in [2.75, 3.05) is 40.0 Å². The molecule has 1 aliphatic heterocycles. The van der Waals surface area contributed by atoms with E-state index in [1.807, 2.05) is 12.1 Å². The topological polar surface area (TPSA) is 63.9 Å². The van der Waals surface area contributed by atoms with E-state index in [1.165, 1.54) is 0 Å². The normalized spacial score (nSPS) is 16.5. The highest BCUT2D eigenvalue weighted by atomic mass is 16.5. The zero-order chi connectivity index (χ0) is 16.8. The number of nitrogens with zero attached hydrogens (tertiary/aromatic N) is 1. The van der Waals surface area contributed by atoms with Gasteiger partial charge in [-0.05, 0) is 36.4 Å². The van der Waals surface area contributed by atoms with Gasteiger partial charge in [0.15, 0.2) is 0 Å². The Morgan fingerprint density at radius 3 is 2.62 bits per heavy atom. The number of ether oxygens (including phenoxy) is 2. The van der Waals surface area contributed by atoms with E-state index in [1.54, 1.807) is 37.6 Å². The Bertz CT molecular complexity index is 634. The summed E-state index contributed by atoms with van der Waals surface area (Å²) in [6, 6.07) is 10.9. The molecular weight excluding hydrogens is 308 g/mol. The van der Waals surface area contributed by atoms with E-state index in [-0.39, 0.29) is 11.9 Å². The van der Waals surface area contributed by atoms with Crippen molar-refractivity contribution < 1.29 is 18.7 Å². The minimum absolute atomic E-state index is 0.00565. The van der Waals surface area contributed by atoms with Gasteiger partial charge in [-0.2, -0.15) is 0 Å². The first-order chi connectivity index (χ1) is 11.8. The van der Waals surface area contributed by atoms with Gasteiger partial charge in [0.1, 0.15) is 11.5 Å². The molecule has 1 aromatic heterocycles. The van der Waals surface area contributed by atoms with Gasteiger partial charge in [0.2, 0.25) is 0 Å². The zero-order valence-electron chi connectivity index (χ0n) is 13.7. The van der Waals surface area contributed by atoms with Crippen LogP contribution in [0, 0.1) is 0 Å². The van der Waals surface area contributed by atoms with E-state index in [0.717, 1.165) is 24.6 Å². The molecule has 1 N–H and O–H groups in total. The Morgan fingerprint density at radius 2 is 2.00 bits per heavy atom. The van der Waals surface area contributed by atoms with Crippen molar-refractivity contribution in [2.24, 2.45) is 0 Å². The Balaban J connectivity index is 1.65. The summed E-state index contributed by atoms with van der Waals surface area (Å²) in [6.07, 6.45) is 1.66. The molecule has 0 saturated carbocycles. The number of furan rings is 1. The average Bonchev–Trinajstić information content (AvgIpc) is 3.17. The molecule has 1 amide bonds. The van der Waals surface area contributed by atoms with Crippen molar-refractivity contribution in [2.45, 2.75) is 6.04 Å².